The van der Waals surface area contributed by atoms with Crippen molar-refractivity contribution in [1.82, 2.24) is 14.4 Å². The molecule has 0 N–H and O–H groups in total. The SMILES string of the molecule is CC(=O)N1CCN(C(=O)c2cc(C)n(Cc3cccs3)c2C)CC1. The average molecular weight is 345 g/mol. The van der Waals surface area contributed by atoms with E-state index in [0.29, 0.717) is 26.2 Å². The Labute approximate surface area is 146 Å². The molecule has 5 nitrogen and oxygen atoms in total. The summed E-state index contributed by atoms with van der Waals surface area (Å²) in [6, 6.07) is 6.16. The summed E-state index contributed by atoms with van der Waals surface area (Å²) in [7, 11) is 0. The molecule has 0 radical (unpaired) electrons. The van der Waals surface area contributed by atoms with Crippen molar-refractivity contribution in [1.29, 1.82) is 0 Å². The molecule has 6 heteroatoms. The van der Waals surface area contributed by atoms with Gasteiger partial charge in [-0.3, -0.25) is 9.59 Å². The van der Waals surface area contributed by atoms with E-state index in [2.05, 4.69) is 22.1 Å². The normalized spacial score (nSPS) is 15.0. The molecule has 0 atom stereocenters. The van der Waals surface area contributed by atoms with Gasteiger partial charge in [0.25, 0.3) is 5.91 Å². The Bertz CT molecular complexity index is 741. The molecule has 0 aliphatic carbocycles. The van der Waals surface area contributed by atoms with Gasteiger partial charge in [0.05, 0.1) is 12.1 Å². The lowest BCUT2D eigenvalue weighted by Crippen LogP contribution is -2.50. The predicted octanol–water partition coefficient (Wildman–Crippen LogP) is 2.52. The minimum Gasteiger partial charge on any atom is -0.343 e. The molecule has 0 spiro atoms. The Hall–Kier alpha value is -2.08. The first-order valence-corrected chi connectivity index (χ1v) is 9.09. The molecule has 3 rings (SSSR count). The van der Waals surface area contributed by atoms with Crippen LogP contribution in [0.5, 0.6) is 0 Å². The van der Waals surface area contributed by atoms with E-state index in [1.807, 2.05) is 24.8 Å². The van der Waals surface area contributed by atoms with E-state index in [1.165, 1.54) is 4.88 Å². The van der Waals surface area contributed by atoms with Gasteiger partial charge in [-0.25, -0.2) is 0 Å². The molecule has 1 saturated heterocycles. The number of rotatable bonds is 3. The highest BCUT2D eigenvalue weighted by molar-refractivity contribution is 7.09. The minimum absolute atomic E-state index is 0.0729. The Morgan fingerprint density at radius 1 is 1.12 bits per heavy atom. The first-order valence-electron chi connectivity index (χ1n) is 8.21. The summed E-state index contributed by atoms with van der Waals surface area (Å²) in [5.74, 6) is 0.153. The van der Waals surface area contributed by atoms with Crippen LogP contribution in [0.2, 0.25) is 0 Å². The number of hydrogen-bond acceptors (Lipinski definition) is 3. The molecule has 3 heterocycles. The molecule has 0 aromatic carbocycles. The summed E-state index contributed by atoms with van der Waals surface area (Å²) in [6.45, 7) is 8.89. The molecule has 1 aliphatic rings. The number of thiophene rings is 1. The molecular weight excluding hydrogens is 322 g/mol. The maximum atomic E-state index is 12.9. The smallest absolute Gasteiger partial charge is 0.255 e. The van der Waals surface area contributed by atoms with Crippen molar-refractivity contribution in [2.75, 3.05) is 26.2 Å². The van der Waals surface area contributed by atoms with Gasteiger partial charge < -0.3 is 14.4 Å². The van der Waals surface area contributed by atoms with Crippen molar-refractivity contribution in [3.63, 3.8) is 0 Å². The summed E-state index contributed by atoms with van der Waals surface area (Å²) in [4.78, 5) is 29.2. The number of piperazine rings is 1. The zero-order valence-corrected chi connectivity index (χ0v) is 15.2. The fourth-order valence-corrected chi connectivity index (χ4v) is 3.91. The Kier molecular flexibility index (Phi) is 4.76. The number of amides is 2. The van der Waals surface area contributed by atoms with Crippen LogP contribution in [0.4, 0.5) is 0 Å². The Morgan fingerprint density at radius 2 is 1.79 bits per heavy atom. The monoisotopic (exact) mass is 345 g/mol. The third-order valence-electron chi connectivity index (χ3n) is 4.71. The quantitative estimate of drug-likeness (QED) is 0.858. The minimum atomic E-state index is 0.0729. The van der Waals surface area contributed by atoms with Crippen molar-refractivity contribution in [3.8, 4) is 0 Å². The molecular formula is C18H23N3O2S. The second-order valence-electron chi connectivity index (χ2n) is 6.25. The second kappa shape index (κ2) is 6.81. The highest BCUT2D eigenvalue weighted by atomic mass is 32.1. The standard InChI is InChI=1S/C18H23N3O2S/c1-13-11-17(14(2)21(13)12-16-5-4-10-24-16)18(23)20-8-6-19(7-9-20)15(3)22/h4-5,10-11H,6-9,12H2,1-3H3. The van der Waals surface area contributed by atoms with Gasteiger partial charge in [-0.05, 0) is 31.4 Å². The van der Waals surface area contributed by atoms with Gasteiger partial charge in [-0.2, -0.15) is 0 Å². The molecule has 128 valence electrons. The van der Waals surface area contributed by atoms with E-state index in [0.717, 1.165) is 23.5 Å². The number of hydrogen-bond donors (Lipinski definition) is 0. The van der Waals surface area contributed by atoms with Crippen LogP contribution in [0, 0.1) is 13.8 Å². The van der Waals surface area contributed by atoms with Gasteiger partial charge in [-0.1, -0.05) is 6.07 Å². The summed E-state index contributed by atoms with van der Waals surface area (Å²) < 4.78 is 2.20. The molecule has 0 unspecified atom stereocenters. The summed E-state index contributed by atoms with van der Waals surface area (Å²) in [5, 5.41) is 2.07. The fraction of sp³-hybridized carbons (Fsp3) is 0.444. The highest BCUT2D eigenvalue weighted by Gasteiger charge is 2.26. The van der Waals surface area contributed by atoms with E-state index in [9.17, 15) is 9.59 Å². The summed E-state index contributed by atoms with van der Waals surface area (Å²) in [6.07, 6.45) is 0. The maximum absolute atomic E-state index is 12.9. The molecule has 0 saturated carbocycles. The van der Waals surface area contributed by atoms with E-state index >= 15 is 0 Å². The van der Waals surface area contributed by atoms with Crippen molar-refractivity contribution >= 4 is 23.2 Å². The Balaban J connectivity index is 1.75. The first-order chi connectivity index (χ1) is 11.5. The van der Waals surface area contributed by atoms with Gasteiger partial charge >= 0.3 is 0 Å². The van der Waals surface area contributed by atoms with Gasteiger partial charge in [0.2, 0.25) is 5.91 Å². The van der Waals surface area contributed by atoms with E-state index in [-0.39, 0.29) is 11.8 Å². The average Bonchev–Trinajstić information content (AvgIpc) is 3.18. The van der Waals surface area contributed by atoms with Crippen LogP contribution in [0.1, 0.15) is 33.5 Å². The van der Waals surface area contributed by atoms with Crippen LogP contribution in [0.3, 0.4) is 0 Å². The zero-order valence-electron chi connectivity index (χ0n) is 14.4. The summed E-state index contributed by atoms with van der Waals surface area (Å²) >= 11 is 1.73. The van der Waals surface area contributed by atoms with Crippen LogP contribution in [0.25, 0.3) is 0 Å². The van der Waals surface area contributed by atoms with Gasteiger partial charge in [0.15, 0.2) is 0 Å². The van der Waals surface area contributed by atoms with Crippen LogP contribution < -0.4 is 0 Å². The van der Waals surface area contributed by atoms with Crippen LogP contribution >= 0.6 is 11.3 Å². The molecule has 0 bridgehead atoms. The topological polar surface area (TPSA) is 45.6 Å². The third-order valence-corrected chi connectivity index (χ3v) is 5.57. The van der Waals surface area contributed by atoms with Gasteiger partial charge in [-0.15, -0.1) is 11.3 Å². The van der Waals surface area contributed by atoms with Crippen molar-refractivity contribution < 1.29 is 9.59 Å². The van der Waals surface area contributed by atoms with Crippen LogP contribution in [0.15, 0.2) is 23.6 Å². The molecule has 2 amide bonds. The van der Waals surface area contributed by atoms with Crippen molar-refractivity contribution in [2.24, 2.45) is 0 Å². The number of aromatic nitrogens is 1. The van der Waals surface area contributed by atoms with Crippen molar-refractivity contribution in [3.05, 3.63) is 45.4 Å². The van der Waals surface area contributed by atoms with E-state index in [4.69, 9.17) is 0 Å². The predicted molar refractivity (Wildman–Crippen MR) is 95.5 cm³/mol. The lowest BCUT2D eigenvalue weighted by Gasteiger charge is -2.34. The largest absolute Gasteiger partial charge is 0.343 e. The third kappa shape index (κ3) is 3.24. The van der Waals surface area contributed by atoms with Crippen LogP contribution in [-0.2, 0) is 11.3 Å². The van der Waals surface area contributed by atoms with Gasteiger partial charge in [0.1, 0.15) is 0 Å². The van der Waals surface area contributed by atoms with E-state index in [1.54, 1.807) is 23.2 Å². The van der Waals surface area contributed by atoms with Gasteiger partial charge in [0, 0.05) is 49.4 Å². The zero-order chi connectivity index (χ0) is 17.3. The highest BCUT2D eigenvalue weighted by Crippen LogP contribution is 2.21. The van der Waals surface area contributed by atoms with E-state index < -0.39 is 0 Å². The first kappa shape index (κ1) is 16.8. The number of aryl methyl sites for hydroxylation is 1. The molecule has 2 aromatic heterocycles. The molecule has 1 aliphatic heterocycles. The lowest BCUT2D eigenvalue weighted by molar-refractivity contribution is -0.130. The number of carbonyl (C=O) groups excluding carboxylic acids is 2. The lowest BCUT2D eigenvalue weighted by atomic mass is 10.2. The summed E-state index contributed by atoms with van der Waals surface area (Å²) in [5.41, 5.74) is 2.90. The molecule has 24 heavy (non-hydrogen) atoms. The van der Waals surface area contributed by atoms with Crippen molar-refractivity contribution in [2.45, 2.75) is 27.3 Å². The molecule has 1 fully saturated rings. The second-order valence-corrected chi connectivity index (χ2v) is 7.28. The number of nitrogens with zero attached hydrogens (tertiary/aromatic N) is 3. The Morgan fingerprint density at radius 3 is 2.38 bits per heavy atom. The molecule has 2 aromatic rings. The number of carbonyl (C=O) groups is 2. The fourth-order valence-electron chi connectivity index (χ4n) is 3.21. The van der Waals surface area contributed by atoms with Crippen LogP contribution in [-0.4, -0.2) is 52.4 Å². The maximum Gasteiger partial charge on any atom is 0.255 e.